The Hall–Kier alpha value is -4.64. The molecule has 45 heavy (non-hydrogen) atoms. The van der Waals surface area contributed by atoms with E-state index in [0.29, 0.717) is 19.3 Å². The van der Waals surface area contributed by atoms with Gasteiger partial charge in [0.05, 0.1) is 36.1 Å². The van der Waals surface area contributed by atoms with Crippen LogP contribution in [0.5, 0.6) is 11.6 Å². The van der Waals surface area contributed by atoms with E-state index in [2.05, 4.69) is 20.1 Å². The van der Waals surface area contributed by atoms with Gasteiger partial charge in [0.15, 0.2) is 11.6 Å². The molecule has 3 aliphatic rings. The molecule has 2 atom stereocenters. The van der Waals surface area contributed by atoms with Crippen molar-refractivity contribution in [2.24, 2.45) is 0 Å². The van der Waals surface area contributed by atoms with E-state index in [1.807, 2.05) is 10.00 Å². The standard InChI is InChI=1S/C27H26F6N8O4/c28-26(29,30)15-10-19-23(35-11-15)41-8-7-39(13-16(41)4-9-44-19)25(43)22-34-5-3-20(37-22)45-14-17-2-1-6-40(17)18-12-36-38-24(42)21(18)27(31,32)33/h3,5,10-12,16-17H,1-2,4,6-9,13-14H2,(H,38,42). The Bertz CT molecular complexity index is 1630. The van der Waals surface area contributed by atoms with E-state index in [1.54, 1.807) is 0 Å². The van der Waals surface area contributed by atoms with Crippen LogP contribution >= 0.6 is 0 Å². The number of carbonyl (C=O) groups is 1. The van der Waals surface area contributed by atoms with Crippen molar-refractivity contribution in [1.29, 1.82) is 0 Å². The summed E-state index contributed by atoms with van der Waals surface area (Å²) in [6, 6.07) is 1.56. The number of anilines is 2. The minimum absolute atomic E-state index is 0.0334. The number of nitrogens with one attached hydrogen (secondary N) is 1. The van der Waals surface area contributed by atoms with Crippen molar-refractivity contribution in [3.63, 3.8) is 0 Å². The second kappa shape index (κ2) is 11.7. The molecule has 0 spiro atoms. The van der Waals surface area contributed by atoms with Crippen LogP contribution < -0.4 is 24.8 Å². The number of nitrogens with zero attached hydrogens (tertiary/aromatic N) is 7. The molecule has 3 aromatic rings. The maximum Gasteiger partial charge on any atom is 0.423 e. The van der Waals surface area contributed by atoms with Gasteiger partial charge in [0.1, 0.15) is 12.2 Å². The number of aromatic nitrogens is 5. The highest BCUT2D eigenvalue weighted by Crippen LogP contribution is 2.39. The first kappa shape index (κ1) is 30.4. The molecule has 3 aliphatic heterocycles. The molecule has 240 valence electrons. The number of hydrogen-bond acceptors (Lipinski definition) is 10. The van der Waals surface area contributed by atoms with Crippen LogP contribution in [0.2, 0.25) is 0 Å². The van der Waals surface area contributed by atoms with Crippen LogP contribution in [0.25, 0.3) is 0 Å². The van der Waals surface area contributed by atoms with Gasteiger partial charge in [0, 0.05) is 51.1 Å². The zero-order chi connectivity index (χ0) is 31.9. The van der Waals surface area contributed by atoms with Crippen LogP contribution in [0.3, 0.4) is 0 Å². The smallest absolute Gasteiger partial charge is 0.423 e. The van der Waals surface area contributed by atoms with Crippen LogP contribution in [-0.4, -0.2) is 87.4 Å². The van der Waals surface area contributed by atoms with E-state index < -0.39 is 41.0 Å². The van der Waals surface area contributed by atoms with Gasteiger partial charge in [-0.05, 0) is 18.9 Å². The third-order valence-electron chi connectivity index (χ3n) is 7.96. The maximum absolute atomic E-state index is 13.6. The van der Waals surface area contributed by atoms with E-state index in [0.717, 1.165) is 18.5 Å². The van der Waals surface area contributed by atoms with E-state index in [1.165, 1.54) is 22.1 Å². The van der Waals surface area contributed by atoms with E-state index >= 15 is 0 Å². The largest absolute Gasteiger partial charge is 0.490 e. The number of alkyl halides is 6. The minimum Gasteiger partial charge on any atom is -0.490 e. The highest BCUT2D eigenvalue weighted by atomic mass is 19.4. The fraction of sp³-hybridized carbons (Fsp3) is 0.481. The molecule has 0 aliphatic carbocycles. The number of ether oxygens (including phenoxy) is 2. The second-order valence-corrected chi connectivity index (χ2v) is 10.8. The summed E-state index contributed by atoms with van der Waals surface area (Å²) in [6.07, 6.45) is -4.89. The number of amides is 1. The Morgan fingerprint density at radius 1 is 1.04 bits per heavy atom. The Morgan fingerprint density at radius 2 is 1.87 bits per heavy atom. The number of rotatable bonds is 5. The number of carbonyl (C=O) groups excluding carboxylic acids is 1. The number of halogens is 6. The fourth-order valence-corrected chi connectivity index (χ4v) is 5.84. The first-order valence-corrected chi connectivity index (χ1v) is 14.0. The third kappa shape index (κ3) is 6.17. The zero-order valence-electron chi connectivity index (χ0n) is 23.4. The molecule has 6 heterocycles. The predicted molar refractivity (Wildman–Crippen MR) is 144 cm³/mol. The Kier molecular flexibility index (Phi) is 7.90. The summed E-state index contributed by atoms with van der Waals surface area (Å²) in [5, 5.41) is 5.38. The van der Waals surface area contributed by atoms with E-state index in [9.17, 15) is 35.9 Å². The lowest BCUT2D eigenvalue weighted by Gasteiger charge is -2.40. The highest BCUT2D eigenvalue weighted by Gasteiger charge is 2.41. The molecular weight excluding hydrogens is 614 g/mol. The summed E-state index contributed by atoms with van der Waals surface area (Å²) in [6.45, 7) is 1.05. The molecule has 0 radical (unpaired) electrons. The summed E-state index contributed by atoms with van der Waals surface area (Å²) in [5.41, 5.74) is -3.91. The molecule has 0 bridgehead atoms. The van der Waals surface area contributed by atoms with Crippen molar-refractivity contribution in [2.45, 2.75) is 43.7 Å². The number of hydrogen-bond donors (Lipinski definition) is 1. The summed E-state index contributed by atoms with van der Waals surface area (Å²) < 4.78 is 91.8. The second-order valence-electron chi connectivity index (χ2n) is 10.8. The molecule has 0 saturated carbocycles. The van der Waals surface area contributed by atoms with Gasteiger partial charge in [0.2, 0.25) is 11.7 Å². The fourth-order valence-electron chi connectivity index (χ4n) is 5.84. The van der Waals surface area contributed by atoms with Crippen LogP contribution in [0.15, 0.2) is 35.5 Å². The first-order chi connectivity index (χ1) is 21.4. The van der Waals surface area contributed by atoms with Gasteiger partial charge in [-0.25, -0.2) is 15.1 Å². The molecule has 3 aromatic heterocycles. The van der Waals surface area contributed by atoms with Gasteiger partial charge in [-0.15, -0.1) is 0 Å². The van der Waals surface area contributed by atoms with Crippen LogP contribution in [0.4, 0.5) is 37.8 Å². The quantitative estimate of drug-likeness (QED) is 0.416. The van der Waals surface area contributed by atoms with Gasteiger partial charge in [-0.3, -0.25) is 9.59 Å². The average molecular weight is 641 g/mol. The van der Waals surface area contributed by atoms with Crippen molar-refractivity contribution in [3.05, 3.63) is 58.0 Å². The van der Waals surface area contributed by atoms with Gasteiger partial charge in [0.25, 0.3) is 11.5 Å². The van der Waals surface area contributed by atoms with Crippen molar-refractivity contribution >= 4 is 17.4 Å². The maximum atomic E-state index is 13.6. The van der Waals surface area contributed by atoms with Crippen LogP contribution in [0.1, 0.15) is 41.0 Å². The molecule has 6 rings (SSSR count). The Balaban J connectivity index is 1.12. The van der Waals surface area contributed by atoms with Gasteiger partial charge < -0.3 is 24.2 Å². The molecular formula is C27H26F6N8O4. The molecule has 12 nitrogen and oxygen atoms in total. The lowest BCUT2D eigenvalue weighted by molar-refractivity contribution is -0.139. The van der Waals surface area contributed by atoms with E-state index in [4.69, 9.17) is 9.47 Å². The number of aromatic amines is 1. The van der Waals surface area contributed by atoms with Gasteiger partial charge in [-0.2, -0.15) is 36.4 Å². The number of piperazine rings is 1. The summed E-state index contributed by atoms with van der Waals surface area (Å²) >= 11 is 0. The molecule has 1 amide bonds. The summed E-state index contributed by atoms with van der Waals surface area (Å²) in [4.78, 5) is 42.5. The lowest BCUT2D eigenvalue weighted by Crippen LogP contribution is -2.55. The average Bonchev–Trinajstić information content (AvgIpc) is 3.39. The molecule has 2 unspecified atom stereocenters. The summed E-state index contributed by atoms with van der Waals surface area (Å²) in [5.74, 6) is -0.284. The molecule has 1 N–H and O–H groups in total. The van der Waals surface area contributed by atoms with Gasteiger partial charge >= 0.3 is 12.4 Å². The zero-order valence-corrected chi connectivity index (χ0v) is 23.4. The minimum atomic E-state index is -4.88. The molecule has 2 fully saturated rings. The van der Waals surface area contributed by atoms with Crippen molar-refractivity contribution in [2.75, 3.05) is 49.2 Å². The van der Waals surface area contributed by atoms with Gasteiger partial charge in [-0.1, -0.05) is 0 Å². The number of H-pyrrole nitrogens is 1. The molecule has 2 saturated heterocycles. The number of pyridine rings is 1. The van der Waals surface area contributed by atoms with E-state index in [-0.39, 0.29) is 74.4 Å². The van der Waals surface area contributed by atoms with Crippen LogP contribution in [-0.2, 0) is 12.4 Å². The Labute approximate surface area is 251 Å². The van der Waals surface area contributed by atoms with Crippen molar-refractivity contribution < 1.29 is 40.6 Å². The predicted octanol–water partition coefficient (Wildman–Crippen LogP) is 3.15. The molecule has 0 aromatic carbocycles. The summed E-state index contributed by atoms with van der Waals surface area (Å²) in [7, 11) is 0. The molecule has 18 heteroatoms. The Morgan fingerprint density at radius 3 is 2.64 bits per heavy atom. The lowest BCUT2D eigenvalue weighted by atomic mass is 10.1. The highest BCUT2D eigenvalue weighted by molar-refractivity contribution is 5.90. The number of fused-ring (bicyclic) bond motifs is 3. The third-order valence-corrected chi connectivity index (χ3v) is 7.96. The van der Waals surface area contributed by atoms with Crippen molar-refractivity contribution in [1.82, 2.24) is 30.0 Å². The SMILES string of the molecule is O=C(c1nccc(OCC2CCCN2c2cn[nH]c(=O)c2C(F)(F)F)n1)N1CCN2c3ncc(C(F)(F)F)cc3OCCC2C1. The topological polar surface area (TPSA) is 130 Å². The monoisotopic (exact) mass is 640 g/mol. The first-order valence-electron chi connectivity index (χ1n) is 14.0. The van der Waals surface area contributed by atoms with Crippen molar-refractivity contribution in [3.8, 4) is 11.6 Å². The van der Waals surface area contributed by atoms with Crippen LogP contribution in [0, 0.1) is 0 Å². The normalized spacial score (nSPS) is 20.3.